The van der Waals surface area contributed by atoms with Crippen molar-refractivity contribution in [3.05, 3.63) is 118 Å². The van der Waals surface area contributed by atoms with Crippen molar-refractivity contribution in [1.29, 1.82) is 0 Å². The van der Waals surface area contributed by atoms with E-state index in [1.165, 1.54) is 21.9 Å². The van der Waals surface area contributed by atoms with Crippen molar-refractivity contribution in [3.8, 4) is 22.6 Å². The lowest BCUT2D eigenvalue weighted by Gasteiger charge is -2.24. The second-order valence-electron chi connectivity index (χ2n) is 13.5. The maximum atomic E-state index is 12.8. The van der Waals surface area contributed by atoms with Gasteiger partial charge in [-0.1, -0.05) is 30.3 Å². The number of aryl methyl sites for hydroxylation is 2. The SMILES string of the molecule is CN(C)c1ccc(N=Nc2ccc3c4c(c(-c5ccccc5S(=O)(=O)Cl)cc3c2)C=c2ccc3c5c6c(cc3c2O4)CCC[N+]=6CCC5)cc1. The van der Waals surface area contributed by atoms with Crippen LogP contribution in [-0.2, 0) is 21.9 Å². The van der Waals surface area contributed by atoms with Crippen LogP contribution in [0.25, 0.3) is 38.7 Å². The van der Waals surface area contributed by atoms with E-state index in [9.17, 15) is 8.42 Å². The van der Waals surface area contributed by atoms with Gasteiger partial charge in [0.15, 0.2) is 0 Å². The predicted octanol–water partition coefficient (Wildman–Crippen LogP) is 8.39. The zero-order chi connectivity index (χ0) is 34.1. The van der Waals surface area contributed by atoms with Gasteiger partial charge in [-0.15, -0.1) is 0 Å². The first-order valence-corrected chi connectivity index (χ1v) is 19.3. The Bertz CT molecular complexity index is 2680. The molecule has 3 aliphatic rings. The van der Waals surface area contributed by atoms with Crippen LogP contribution in [-0.4, -0.2) is 35.6 Å². The van der Waals surface area contributed by atoms with Crippen molar-refractivity contribution < 1.29 is 13.2 Å². The molecule has 248 valence electrons. The molecule has 0 atom stereocenters. The van der Waals surface area contributed by atoms with Crippen molar-refractivity contribution in [2.45, 2.75) is 30.6 Å². The van der Waals surface area contributed by atoms with E-state index in [-0.39, 0.29) is 4.90 Å². The summed E-state index contributed by atoms with van der Waals surface area (Å²) < 4.78 is 35.3. The van der Waals surface area contributed by atoms with Crippen LogP contribution in [0.1, 0.15) is 29.5 Å². The van der Waals surface area contributed by atoms with Gasteiger partial charge in [-0.3, -0.25) is 0 Å². The normalized spacial score (nSPS) is 15.0. The Kier molecular flexibility index (Phi) is 7.30. The molecule has 0 saturated heterocycles. The number of fused-ring (bicyclic) bond motifs is 7. The number of azo groups is 1. The van der Waals surface area contributed by atoms with Gasteiger partial charge in [0.2, 0.25) is 5.36 Å². The molecule has 7 nitrogen and oxygen atoms in total. The fourth-order valence-corrected chi connectivity index (χ4v) is 8.99. The number of anilines is 1. The van der Waals surface area contributed by atoms with Gasteiger partial charge in [0, 0.05) is 81.6 Å². The van der Waals surface area contributed by atoms with E-state index >= 15 is 0 Å². The van der Waals surface area contributed by atoms with Gasteiger partial charge in [0.05, 0.1) is 16.3 Å². The first-order chi connectivity index (χ1) is 24.2. The largest absolute Gasteiger partial charge is 0.455 e. The summed E-state index contributed by atoms with van der Waals surface area (Å²) in [6, 6.07) is 29.4. The highest BCUT2D eigenvalue weighted by Gasteiger charge is 2.29. The summed E-state index contributed by atoms with van der Waals surface area (Å²) in [5.74, 6) is 1.51. The molecule has 6 aromatic rings. The zero-order valence-corrected chi connectivity index (χ0v) is 29.4. The molecular weight excluding hydrogens is 664 g/mol. The molecule has 0 fully saturated rings. The van der Waals surface area contributed by atoms with Gasteiger partial charge >= 0.3 is 0 Å². The maximum absolute atomic E-state index is 12.8. The Hall–Kier alpha value is -5.05. The average Bonchev–Trinajstić information content (AvgIpc) is 3.13. The number of nitrogens with zero attached hydrogens (tertiary/aromatic N) is 4. The van der Waals surface area contributed by atoms with Gasteiger partial charge in [0.1, 0.15) is 24.6 Å². The minimum absolute atomic E-state index is 0.0493. The molecule has 0 amide bonds. The third kappa shape index (κ3) is 5.17. The number of ether oxygens (including phenoxy) is 1. The molecule has 9 rings (SSSR count). The summed E-state index contributed by atoms with van der Waals surface area (Å²) in [4.78, 5) is 2.09. The number of hydrogen-bond donors (Lipinski definition) is 0. The predicted molar refractivity (Wildman–Crippen MR) is 202 cm³/mol. The average molecular weight is 698 g/mol. The number of benzene rings is 6. The number of rotatable bonds is 5. The highest BCUT2D eigenvalue weighted by molar-refractivity contribution is 8.13. The summed E-state index contributed by atoms with van der Waals surface area (Å²) in [5, 5.41) is 15.5. The van der Waals surface area contributed by atoms with Crippen molar-refractivity contribution >= 4 is 64.4 Å². The zero-order valence-electron chi connectivity index (χ0n) is 27.8. The fourth-order valence-electron chi connectivity index (χ4n) is 7.90. The summed E-state index contributed by atoms with van der Waals surface area (Å²) in [6.07, 6.45) is 6.55. The molecule has 0 saturated carbocycles. The summed E-state index contributed by atoms with van der Waals surface area (Å²) in [7, 11) is 5.96. The van der Waals surface area contributed by atoms with E-state index in [1.807, 2.05) is 73.6 Å². The van der Waals surface area contributed by atoms with Crippen LogP contribution >= 0.6 is 10.7 Å². The van der Waals surface area contributed by atoms with Crippen molar-refractivity contribution in [3.63, 3.8) is 0 Å². The van der Waals surface area contributed by atoms with E-state index in [4.69, 9.17) is 15.4 Å². The van der Waals surface area contributed by atoms with Crippen LogP contribution in [0.15, 0.2) is 106 Å². The quantitative estimate of drug-likeness (QED) is 0.103. The Morgan fingerprint density at radius 1 is 0.760 bits per heavy atom. The molecule has 0 aliphatic carbocycles. The molecule has 50 heavy (non-hydrogen) atoms. The molecule has 0 unspecified atom stereocenters. The van der Waals surface area contributed by atoms with Gasteiger partial charge < -0.3 is 9.64 Å². The molecule has 0 aromatic heterocycles. The Balaban J connectivity index is 1.26. The van der Waals surface area contributed by atoms with Crippen LogP contribution < -0.4 is 24.8 Å². The van der Waals surface area contributed by atoms with E-state index in [0.29, 0.717) is 22.6 Å². The second-order valence-corrected chi connectivity index (χ2v) is 16.0. The fraction of sp³-hybridized carbons (Fsp3) is 0.195. The van der Waals surface area contributed by atoms with Crippen LogP contribution in [0.2, 0.25) is 0 Å². The molecule has 3 heterocycles. The summed E-state index contributed by atoms with van der Waals surface area (Å²) >= 11 is 0. The first-order valence-electron chi connectivity index (χ1n) is 17.0. The lowest BCUT2D eigenvalue weighted by atomic mass is 9.88. The number of hydrogen-bond acceptors (Lipinski definition) is 6. The van der Waals surface area contributed by atoms with Crippen molar-refractivity contribution in [1.82, 2.24) is 4.58 Å². The van der Waals surface area contributed by atoms with Gasteiger partial charge in [-0.2, -0.15) is 10.2 Å². The second kappa shape index (κ2) is 11.8. The third-order valence-corrected chi connectivity index (χ3v) is 11.6. The lowest BCUT2D eigenvalue weighted by Crippen LogP contribution is -2.43. The van der Waals surface area contributed by atoms with Crippen LogP contribution in [0.4, 0.5) is 17.1 Å². The van der Waals surface area contributed by atoms with Crippen LogP contribution in [0.3, 0.4) is 0 Å². The Labute approximate surface area is 294 Å². The molecule has 9 heteroatoms. The maximum Gasteiger partial charge on any atom is 0.261 e. The highest BCUT2D eigenvalue weighted by atomic mass is 35.7. The monoisotopic (exact) mass is 697 g/mol. The smallest absolute Gasteiger partial charge is 0.261 e. The Morgan fingerprint density at radius 3 is 2.30 bits per heavy atom. The van der Waals surface area contributed by atoms with Crippen LogP contribution in [0.5, 0.6) is 11.5 Å². The minimum atomic E-state index is -4.05. The van der Waals surface area contributed by atoms with Gasteiger partial charge in [-0.25, -0.2) is 13.0 Å². The van der Waals surface area contributed by atoms with E-state index in [1.54, 1.807) is 18.2 Å². The van der Waals surface area contributed by atoms with Crippen molar-refractivity contribution in [2.24, 2.45) is 10.2 Å². The Morgan fingerprint density at radius 2 is 1.50 bits per heavy atom. The standard InChI is InChI=1S/C41H34ClN4O3S/c1-45(2)30-15-12-28(13-16-30)43-44-29-14-18-31-27(21-29)24-35(33-8-3-4-10-38(33)50(42,47)48)37-23-26-11-17-32-34-9-6-20-46-19-5-7-25(39(34)46)22-36(32)40(26)49-41(31)37/h3-4,8,10-18,21-24H,5-7,9,19-20H2,1-2H3/q+1. The molecule has 0 N–H and O–H groups in total. The summed E-state index contributed by atoms with van der Waals surface area (Å²) in [6.45, 7) is 2.24. The van der Waals surface area contributed by atoms with E-state index in [0.717, 1.165) is 82.8 Å². The molecule has 6 aromatic carbocycles. The molecular formula is C41H34ClN4O3S+. The van der Waals surface area contributed by atoms with Gasteiger partial charge in [0.25, 0.3) is 9.05 Å². The molecule has 0 bridgehead atoms. The van der Waals surface area contributed by atoms with Crippen molar-refractivity contribution in [2.75, 3.05) is 32.1 Å². The van der Waals surface area contributed by atoms with Gasteiger partial charge in [-0.05, 0) is 95.9 Å². The molecule has 3 aliphatic heterocycles. The van der Waals surface area contributed by atoms with E-state index < -0.39 is 9.05 Å². The topological polar surface area (TPSA) is 74.3 Å². The third-order valence-electron chi connectivity index (χ3n) is 10.2. The highest BCUT2D eigenvalue weighted by Crippen LogP contribution is 2.46. The molecule has 0 spiro atoms. The molecule has 0 radical (unpaired) electrons. The first kappa shape index (κ1) is 31.0. The number of halogens is 1. The lowest BCUT2D eigenvalue weighted by molar-refractivity contribution is 0.479. The minimum Gasteiger partial charge on any atom is -0.455 e. The van der Waals surface area contributed by atoms with Crippen LogP contribution in [0, 0.1) is 0 Å². The summed E-state index contributed by atoms with van der Waals surface area (Å²) in [5.41, 5.74) is 7.34. The van der Waals surface area contributed by atoms with E-state index in [2.05, 4.69) is 39.1 Å².